The molecule has 0 aliphatic carbocycles. The Morgan fingerprint density at radius 1 is 1.24 bits per heavy atom. The molecule has 0 aromatic heterocycles. The van der Waals surface area contributed by atoms with Crippen LogP contribution in [0.15, 0.2) is 24.3 Å². The molecule has 0 bridgehead atoms. The predicted molar refractivity (Wildman–Crippen MR) is 90.7 cm³/mol. The van der Waals surface area contributed by atoms with Crippen LogP contribution in [0.25, 0.3) is 0 Å². The lowest BCUT2D eigenvalue weighted by molar-refractivity contribution is 0.243. The van der Waals surface area contributed by atoms with Gasteiger partial charge in [-0.25, -0.2) is 0 Å². The topological polar surface area (TPSA) is 18.5 Å². The van der Waals surface area contributed by atoms with Gasteiger partial charge in [0.25, 0.3) is 0 Å². The van der Waals surface area contributed by atoms with Crippen molar-refractivity contribution in [2.75, 3.05) is 40.3 Å². The molecule has 1 fully saturated rings. The van der Waals surface area contributed by atoms with Crippen LogP contribution in [0.5, 0.6) is 0 Å². The zero-order valence-corrected chi connectivity index (χ0v) is 14.3. The summed E-state index contributed by atoms with van der Waals surface area (Å²) in [6, 6.07) is 10.1. The summed E-state index contributed by atoms with van der Waals surface area (Å²) in [5.74, 6) is 0.750. The summed E-state index contributed by atoms with van der Waals surface area (Å²) in [7, 11) is 4.40. The van der Waals surface area contributed by atoms with Crippen LogP contribution >= 0.6 is 0 Å². The summed E-state index contributed by atoms with van der Waals surface area (Å²) in [4.78, 5) is 4.99. The van der Waals surface area contributed by atoms with Crippen molar-refractivity contribution >= 4 is 0 Å². The van der Waals surface area contributed by atoms with Gasteiger partial charge in [0, 0.05) is 31.7 Å². The Kier molecular flexibility index (Phi) is 5.80. The van der Waals surface area contributed by atoms with Crippen molar-refractivity contribution < 1.29 is 0 Å². The van der Waals surface area contributed by atoms with Crippen molar-refractivity contribution in [1.82, 2.24) is 15.1 Å². The maximum absolute atomic E-state index is 3.65. The molecule has 1 aromatic carbocycles. The zero-order chi connectivity index (χ0) is 15.4. The molecule has 3 heteroatoms. The summed E-state index contributed by atoms with van der Waals surface area (Å²) in [6.07, 6.45) is 0. The van der Waals surface area contributed by atoms with Gasteiger partial charge in [-0.2, -0.15) is 0 Å². The quantitative estimate of drug-likeness (QED) is 0.868. The SMILES string of the molecule is CCNC(CN1CC(C)C(N(C)C)C1)c1ccc(C)cc1. The monoisotopic (exact) mass is 289 g/mol. The van der Waals surface area contributed by atoms with Gasteiger partial charge < -0.3 is 10.2 Å². The Hall–Kier alpha value is -0.900. The molecule has 1 heterocycles. The third-order valence-electron chi connectivity index (χ3n) is 4.68. The Morgan fingerprint density at radius 2 is 1.90 bits per heavy atom. The molecule has 0 saturated carbocycles. The van der Waals surface area contributed by atoms with Crippen LogP contribution in [-0.4, -0.2) is 56.1 Å². The van der Waals surface area contributed by atoms with Gasteiger partial charge in [-0.3, -0.25) is 4.90 Å². The van der Waals surface area contributed by atoms with E-state index in [4.69, 9.17) is 0 Å². The van der Waals surface area contributed by atoms with Crippen LogP contribution in [0.3, 0.4) is 0 Å². The number of likely N-dealkylation sites (tertiary alicyclic amines) is 1. The van der Waals surface area contributed by atoms with Gasteiger partial charge in [0.1, 0.15) is 0 Å². The second-order valence-corrected chi connectivity index (χ2v) is 6.75. The fourth-order valence-electron chi connectivity index (χ4n) is 3.46. The van der Waals surface area contributed by atoms with E-state index in [1.807, 2.05) is 0 Å². The van der Waals surface area contributed by atoms with Crippen LogP contribution in [-0.2, 0) is 0 Å². The normalized spacial score (nSPS) is 24.7. The number of benzene rings is 1. The second-order valence-electron chi connectivity index (χ2n) is 6.75. The van der Waals surface area contributed by atoms with Crippen LogP contribution in [0.1, 0.15) is 31.0 Å². The van der Waals surface area contributed by atoms with E-state index < -0.39 is 0 Å². The lowest BCUT2D eigenvalue weighted by Crippen LogP contribution is -2.37. The van der Waals surface area contributed by atoms with E-state index in [1.165, 1.54) is 24.2 Å². The molecule has 2 rings (SSSR count). The van der Waals surface area contributed by atoms with Crippen LogP contribution in [0, 0.1) is 12.8 Å². The highest BCUT2D eigenvalue weighted by Crippen LogP contribution is 2.23. The van der Waals surface area contributed by atoms with Gasteiger partial charge in [-0.15, -0.1) is 0 Å². The molecule has 118 valence electrons. The minimum Gasteiger partial charge on any atom is -0.309 e. The summed E-state index contributed by atoms with van der Waals surface area (Å²) < 4.78 is 0. The number of rotatable bonds is 6. The average molecular weight is 289 g/mol. The highest BCUT2D eigenvalue weighted by Gasteiger charge is 2.32. The van der Waals surface area contributed by atoms with E-state index in [0.29, 0.717) is 12.1 Å². The van der Waals surface area contributed by atoms with Gasteiger partial charge >= 0.3 is 0 Å². The Labute approximate surface area is 130 Å². The third-order valence-corrected chi connectivity index (χ3v) is 4.68. The molecular weight excluding hydrogens is 258 g/mol. The largest absolute Gasteiger partial charge is 0.309 e. The van der Waals surface area contributed by atoms with E-state index >= 15 is 0 Å². The van der Waals surface area contributed by atoms with Crippen LogP contribution in [0.4, 0.5) is 0 Å². The number of aryl methyl sites for hydroxylation is 1. The van der Waals surface area contributed by atoms with Crippen molar-refractivity contribution in [2.24, 2.45) is 5.92 Å². The van der Waals surface area contributed by atoms with Gasteiger partial charge in [0.05, 0.1) is 0 Å². The molecule has 1 aromatic rings. The molecule has 1 aliphatic heterocycles. The average Bonchev–Trinajstić information content (AvgIpc) is 2.80. The highest BCUT2D eigenvalue weighted by atomic mass is 15.2. The first-order chi connectivity index (χ1) is 10.0. The number of hydrogen-bond acceptors (Lipinski definition) is 3. The van der Waals surface area contributed by atoms with Crippen molar-refractivity contribution in [3.05, 3.63) is 35.4 Å². The molecule has 1 aliphatic rings. The minimum atomic E-state index is 0.434. The molecule has 0 amide bonds. The predicted octanol–water partition coefficient (Wildman–Crippen LogP) is 2.53. The van der Waals surface area contributed by atoms with Crippen molar-refractivity contribution in [3.63, 3.8) is 0 Å². The lowest BCUT2D eigenvalue weighted by atomic mass is 10.0. The summed E-state index contributed by atoms with van der Waals surface area (Å²) in [6.45, 7) is 11.2. The summed E-state index contributed by atoms with van der Waals surface area (Å²) >= 11 is 0. The maximum atomic E-state index is 3.65. The van der Waals surface area contributed by atoms with E-state index in [9.17, 15) is 0 Å². The lowest BCUT2D eigenvalue weighted by Gasteiger charge is -2.26. The fraction of sp³-hybridized carbons (Fsp3) is 0.667. The molecule has 3 unspecified atom stereocenters. The highest BCUT2D eigenvalue weighted by molar-refractivity contribution is 5.24. The van der Waals surface area contributed by atoms with Crippen molar-refractivity contribution in [2.45, 2.75) is 32.9 Å². The molecular formula is C18H31N3. The van der Waals surface area contributed by atoms with E-state index in [1.54, 1.807) is 0 Å². The van der Waals surface area contributed by atoms with Crippen LogP contribution < -0.4 is 5.32 Å². The molecule has 1 N–H and O–H groups in total. The first-order valence-corrected chi connectivity index (χ1v) is 8.20. The smallest absolute Gasteiger partial charge is 0.0449 e. The Bertz CT molecular complexity index is 427. The zero-order valence-electron chi connectivity index (χ0n) is 14.3. The van der Waals surface area contributed by atoms with Gasteiger partial charge in [-0.05, 0) is 39.0 Å². The van der Waals surface area contributed by atoms with E-state index in [-0.39, 0.29) is 0 Å². The van der Waals surface area contributed by atoms with E-state index in [2.05, 4.69) is 74.2 Å². The second kappa shape index (κ2) is 7.39. The van der Waals surface area contributed by atoms with Crippen LogP contribution in [0.2, 0.25) is 0 Å². The molecule has 0 spiro atoms. The third kappa shape index (κ3) is 4.29. The molecule has 3 nitrogen and oxygen atoms in total. The summed E-state index contributed by atoms with van der Waals surface area (Å²) in [5.41, 5.74) is 2.74. The first-order valence-electron chi connectivity index (χ1n) is 8.20. The van der Waals surface area contributed by atoms with Crippen molar-refractivity contribution in [3.8, 4) is 0 Å². The maximum Gasteiger partial charge on any atom is 0.0449 e. The first kappa shape index (κ1) is 16.5. The Morgan fingerprint density at radius 3 is 2.43 bits per heavy atom. The van der Waals surface area contributed by atoms with Gasteiger partial charge in [0.15, 0.2) is 0 Å². The molecule has 1 saturated heterocycles. The number of likely N-dealkylation sites (N-methyl/N-ethyl adjacent to an activating group) is 2. The van der Waals surface area contributed by atoms with E-state index in [0.717, 1.165) is 19.0 Å². The number of hydrogen-bond donors (Lipinski definition) is 1. The molecule has 0 radical (unpaired) electrons. The number of nitrogens with zero attached hydrogens (tertiary/aromatic N) is 2. The minimum absolute atomic E-state index is 0.434. The number of nitrogens with one attached hydrogen (secondary N) is 1. The van der Waals surface area contributed by atoms with Gasteiger partial charge in [0.2, 0.25) is 0 Å². The van der Waals surface area contributed by atoms with Crippen molar-refractivity contribution in [1.29, 1.82) is 0 Å². The van der Waals surface area contributed by atoms with Gasteiger partial charge in [-0.1, -0.05) is 43.7 Å². The fourth-order valence-corrected chi connectivity index (χ4v) is 3.46. The summed E-state index contributed by atoms with van der Waals surface area (Å²) in [5, 5.41) is 3.65. The molecule has 21 heavy (non-hydrogen) atoms. The molecule has 3 atom stereocenters. The standard InChI is InChI=1S/C18H31N3/c1-6-19-17(16-9-7-14(2)8-10-16)12-21-11-15(3)18(13-21)20(4)5/h7-10,15,17-19H,6,11-13H2,1-5H3. The Balaban J connectivity index is 2.02.